The van der Waals surface area contributed by atoms with Gasteiger partial charge in [0.15, 0.2) is 0 Å². The Morgan fingerprint density at radius 3 is 2.86 bits per heavy atom. The Morgan fingerprint density at radius 1 is 1.29 bits per heavy atom. The van der Waals surface area contributed by atoms with Crippen LogP contribution in [0.15, 0.2) is 47.4 Å². The molecular formula is C16H20ClN3O. The van der Waals surface area contributed by atoms with Crippen LogP contribution in [0.2, 0.25) is 5.02 Å². The highest BCUT2D eigenvalue weighted by Gasteiger charge is 2.02. The molecule has 0 aliphatic carbocycles. The van der Waals surface area contributed by atoms with Crippen molar-refractivity contribution in [2.45, 2.75) is 19.5 Å². The lowest BCUT2D eigenvalue weighted by atomic mass is 10.2. The zero-order valence-corrected chi connectivity index (χ0v) is 12.9. The molecule has 5 heteroatoms. The van der Waals surface area contributed by atoms with E-state index in [1.807, 2.05) is 18.2 Å². The molecule has 1 aromatic carbocycles. The second-order valence-electron chi connectivity index (χ2n) is 5.22. The van der Waals surface area contributed by atoms with Crippen LogP contribution in [0.3, 0.4) is 0 Å². The van der Waals surface area contributed by atoms with Gasteiger partial charge in [-0.1, -0.05) is 23.7 Å². The highest BCUT2D eigenvalue weighted by atomic mass is 35.5. The molecule has 0 unspecified atom stereocenters. The number of benzene rings is 1. The second-order valence-corrected chi connectivity index (χ2v) is 5.65. The van der Waals surface area contributed by atoms with Crippen molar-refractivity contribution in [2.75, 3.05) is 19.3 Å². The third-order valence-corrected chi connectivity index (χ3v) is 3.52. The van der Waals surface area contributed by atoms with E-state index in [0.29, 0.717) is 12.2 Å². The highest BCUT2D eigenvalue weighted by Crippen LogP contribution is 2.12. The van der Waals surface area contributed by atoms with Crippen LogP contribution in [0.4, 0.5) is 5.69 Å². The van der Waals surface area contributed by atoms with Gasteiger partial charge in [0.05, 0.1) is 0 Å². The summed E-state index contributed by atoms with van der Waals surface area (Å²) in [6.07, 6.45) is 2.58. The largest absolute Gasteiger partial charge is 0.398 e. The molecule has 0 bridgehead atoms. The molecule has 1 heterocycles. The fourth-order valence-corrected chi connectivity index (χ4v) is 2.47. The third-order valence-electron chi connectivity index (χ3n) is 3.29. The van der Waals surface area contributed by atoms with Crippen molar-refractivity contribution in [1.82, 2.24) is 9.47 Å². The molecule has 21 heavy (non-hydrogen) atoms. The smallest absolute Gasteiger partial charge is 0.250 e. The summed E-state index contributed by atoms with van der Waals surface area (Å²) >= 11 is 5.98. The van der Waals surface area contributed by atoms with Gasteiger partial charge in [0, 0.05) is 36.1 Å². The van der Waals surface area contributed by atoms with Gasteiger partial charge in [-0.2, -0.15) is 0 Å². The zero-order valence-electron chi connectivity index (χ0n) is 12.1. The molecule has 0 fully saturated rings. The van der Waals surface area contributed by atoms with Crippen molar-refractivity contribution in [1.29, 1.82) is 0 Å². The van der Waals surface area contributed by atoms with Crippen LogP contribution in [-0.2, 0) is 13.1 Å². The molecule has 0 radical (unpaired) electrons. The summed E-state index contributed by atoms with van der Waals surface area (Å²) in [6, 6.07) is 11.0. The van der Waals surface area contributed by atoms with Gasteiger partial charge in [0.2, 0.25) is 0 Å². The van der Waals surface area contributed by atoms with Crippen LogP contribution >= 0.6 is 11.6 Å². The standard InChI is InChI=1S/C16H20ClN3O/c1-19(11-13-4-2-5-14(17)10-13)8-3-9-20-12-15(18)6-7-16(20)21/h2,4-7,10,12H,3,8-9,11,18H2,1H3. The molecule has 112 valence electrons. The molecular weight excluding hydrogens is 286 g/mol. The minimum Gasteiger partial charge on any atom is -0.398 e. The molecule has 0 saturated heterocycles. The fourth-order valence-electron chi connectivity index (χ4n) is 2.26. The van der Waals surface area contributed by atoms with Crippen molar-refractivity contribution in [3.63, 3.8) is 0 Å². The van der Waals surface area contributed by atoms with Crippen LogP contribution in [0.5, 0.6) is 0 Å². The summed E-state index contributed by atoms with van der Waals surface area (Å²) in [6.45, 7) is 2.41. The SMILES string of the molecule is CN(CCCn1cc(N)ccc1=O)Cc1cccc(Cl)c1. The van der Waals surface area contributed by atoms with Gasteiger partial charge < -0.3 is 15.2 Å². The third kappa shape index (κ3) is 4.92. The van der Waals surface area contributed by atoms with Gasteiger partial charge in [-0.25, -0.2) is 0 Å². The van der Waals surface area contributed by atoms with Crippen LogP contribution in [0, 0.1) is 0 Å². The predicted octanol–water partition coefficient (Wildman–Crippen LogP) is 2.61. The highest BCUT2D eigenvalue weighted by molar-refractivity contribution is 6.30. The average molecular weight is 306 g/mol. The quantitative estimate of drug-likeness (QED) is 0.892. The Morgan fingerprint density at radius 2 is 2.10 bits per heavy atom. The van der Waals surface area contributed by atoms with Gasteiger partial charge in [-0.3, -0.25) is 4.79 Å². The van der Waals surface area contributed by atoms with Crippen LogP contribution < -0.4 is 11.3 Å². The Hall–Kier alpha value is -1.78. The second kappa shape index (κ2) is 7.29. The minimum absolute atomic E-state index is 0.0123. The average Bonchev–Trinajstić information content (AvgIpc) is 2.42. The first-order valence-corrected chi connectivity index (χ1v) is 7.31. The number of anilines is 1. The van der Waals surface area contributed by atoms with Gasteiger partial charge in [-0.15, -0.1) is 0 Å². The fraction of sp³-hybridized carbons (Fsp3) is 0.312. The van der Waals surface area contributed by atoms with Crippen molar-refractivity contribution < 1.29 is 0 Å². The number of halogens is 1. The van der Waals surface area contributed by atoms with E-state index < -0.39 is 0 Å². The van der Waals surface area contributed by atoms with E-state index in [1.54, 1.807) is 16.8 Å². The van der Waals surface area contributed by atoms with Crippen molar-refractivity contribution in [3.8, 4) is 0 Å². The number of hydrogen-bond donors (Lipinski definition) is 1. The van der Waals surface area contributed by atoms with Crippen LogP contribution in [-0.4, -0.2) is 23.1 Å². The number of aromatic nitrogens is 1. The van der Waals surface area contributed by atoms with E-state index in [-0.39, 0.29) is 5.56 Å². The summed E-state index contributed by atoms with van der Waals surface area (Å²) < 4.78 is 1.66. The molecule has 0 aliphatic rings. The van der Waals surface area contributed by atoms with Gasteiger partial charge in [-0.05, 0) is 43.8 Å². The maximum absolute atomic E-state index is 11.7. The lowest BCUT2D eigenvalue weighted by Gasteiger charge is -2.17. The van der Waals surface area contributed by atoms with Crippen molar-refractivity contribution in [3.05, 3.63) is 63.5 Å². The molecule has 4 nitrogen and oxygen atoms in total. The van der Waals surface area contributed by atoms with Crippen molar-refractivity contribution in [2.24, 2.45) is 0 Å². The lowest BCUT2D eigenvalue weighted by molar-refractivity contribution is 0.313. The molecule has 2 rings (SSSR count). The van der Waals surface area contributed by atoms with Gasteiger partial charge in [0.25, 0.3) is 5.56 Å². The maximum atomic E-state index is 11.7. The Bertz CT molecular complexity index is 654. The Balaban J connectivity index is 1.83. The molecule has 0 amide bonds. The topological polar surface area (TPSA) is 51.3 Å². The van der Waals surface area contributed by atoms with E-state index in [1.165, 1.54) is 11.6 Å². The summed E-state index contributed by atoms with van der Waals surface area (Å²) in [5.74, 6) is 0. The van der Waals surface area contributed by atoms with Crippen molar-refractivity contribution >= 4 is 17.3 Å². The summed E-state index contributed by atoms with van der Waals surface area (Å²) in [7, 11) is 2.06. The number of nitrogens with zero attached hydrogens (tertiary/aromatic N) is 2. The van der Waals surface area contributed by atoms with E-state index in [2.05, 4.69) is 18.0 Å². The first-order valence-electron chi connectivity index (χ1n) is 6.93. The number of nitrogens with two attached hydrogens (primary N) is 1. The zero-order chi connectivity index (χ0) is 15.2. The number of hydrogen-bond acceptors (Lipinski definition) is 3. The normalized spacial score (nSPS) is 11.0. The Labute approximate surface area is 129 Å². The van der Waals surface area contributed by atoms with Gasteiger partial charge >= 0.3 is 0 Å². The monoisotopic (exact) mass is 305 g/mol. The van der Waals surface area contributed by atoms with E-state index in [9.17, 15) is 4.79 Å². The van der Waals surface area contributed by atoms with E-state index >= 15 is 0 Å². The molecule has 0 spiro atoms. The predicted molar refractivity (Wildman–Crippen MR) is 87.5 cm³/mol. The molecule has 0 aliphatic heterocycles. The summed E-state index contributed by atoms with van der Waals surface area (Å²) in [4.78, 5) is 13.9. The number of rotatable bonds is 6. The first-order chi connectivity index (χ1) is 10.0. The number of pyridine rings is 1. The number of aryl methyl sites for hydroxylation is 1. The first kappa shape index (κ1) is 15.6. The molecule has 0 saturated carbocycles. The molecule has 2 N–H and O–H groups in total. The summed E-state index contributed by atoms with van der Waals surface area (Å²) in [5.41, 5.74) is 7.48. The summed E-state index contributed by atoms with van der Waals surface area (Å²) in [5, 5.41) is 0.757. The number of nitrogen functional groups attached to an aromatic ring is 1. The molecule has 1 aromatic heterocycles. The van der Waals surface area contributed by atoms with E-state index in [4.69, 9.17) is 17.3 Å². The van der Waals surface area contributed by atoms with Crippen LogP contribution in [0.1, 0.15) is 12.0 Å². The van der Waals surface area contributed by atoms with E-state index in [0.717, 1.165) is 24.5 Å². The Kier molecular flexibility index (Phi) is 5.42. The lowest BCUT2D eigenvalue weighted by Crippen LogP contribution is -2.24. The van der Waals surface area contributed by atoms with Crippen LogP contribution in [0.25, 0.3) is 0 Å². The minimum atomic E-state index is -0.0123. The molecule has 0 atom stereocenters. The molecule has 2 aromatic rings. The maximum Gasteiger partial charge on any atom is 0.250 e. The van der Waals surface area contributed by atoms with Gasteiger partial charge in [0.1, 0.15) is 0 Å².